The Labute approximate surface area is 171 Å². The van der Waals surface area contributed by atoms with E-state index >= 15 is 0 Å². The van der Waals surface area contributed by atoms with Crippen LogP contribution in [-0.4, -0.2) is 57.4 Å². The first-order valence-corrected chi connectivity index (χ1v) is 11.1. The summed E-state index contributed by atoms with van der Waals surface area (Å²) < 4.78 is 40.9. The van der Waals surface area contributed by atoms with Crippen molar-refractivity contribution in [3.63, 3.8) is 0 Å². The molecule has 0 radical (unpaired) electrons. The van der Waals surface area contributed by atoms with Gasteiger partial charge in [-0.15, -0.1) is 0 Å². The molecule has 1 saturated heterocycles. The monoisotopic (exact) mass is 419 g/mol. The molecule has 0 aliphatic carbocycles. The molecule has 29 heavy (non-hydrogen) atoms. The van der Waals surface area contributed by atoms with Crippen molar-refractivity contribution in [3.8, 4) is 0 Å². The first kappa shape index (κ1) is 21.3. The lowest BCUT2D eigenvalue weighted by atomic mass is 10.1. The Morgan fingerprint density at radius 3 is 2.45 bits per heavy atom. The number of nitrogens with one attached hydrogen (secondary N) is 1. The van der Waals surface area contributed by atoms with Crippen LogP contribution in [0.3, 0.4) is 0 Å². The highest BCUT2D eigenvalue weighted by Crippen LogP contribution is 2.20. The van der Waals surface area contributed by atoms with Gasteiger partial charge in [-0.3, -0.25) is 9.52 Å². The molecule has 8 heteroatoms. The van der Waals surface area contributed by atoms with Crippen LogP contribution in [0.1, 0.15) is 28.8 Å². The number of halogens is 1. The number of nitrogens with zero attached hydrogens (tertiary/aromatic N) is 2. The van der Waals surface area contributed by atoms with E-state index < -0.39 is 15.8 Å². The third-order valence-electron chi connectivity index (χ3n) is 5.14. The highest BCUT2D eigenvalue weighted by Gasteiger charge is 2.21. The van der Waals surface area contributed by atoms with Crippen molar-refractivity contribution >= 4 is 21.6 Å². The molecule has 0 unspecified atom stereocenters. The van der Waals surface area contributed by atoms with Gasteiger partial charge in [-0.1, -0.05) is 6.07 Å². The molecule has 1 aliphatic heterocycles. The number of sulfonamides is 1. The van der Waals surface area contributed by atoms with E-state index in [-0.39, 0.29) is 16.5 Å². The minimum atomic E-state index is -3.90. The van der Waals surface area contributed by atoms with Crippen molar-refractivity contribution in [2.45, 2.75) is 24.7 Å². The van der Waals surface area contributed by atoms with Crippen LogP contribution in [0, 0.1) is 12.7 Å². The number of benzene rings is 2. The molecule has 156 valence electrons. The third kappa shape index (κ3) is 5.33. The number of likely N-dealkylation sites (N-methyl/N-ethyl adjacent to an activating group) is 1. The first-order chi connectivity index (χ1) is 13.8. The molecule has 2 aromatic rings. The van der Waals surface area contributed by atoms with Gasteiger partial charge < -0.3 is 9.80 Å². The zero-order chi connectivity index (χ0) is 21.0. The third-order valence-corrected chi connectivity index (χ3v) is 6.52. The fourth-order valence-electron chi connectivity index (χ4n) is 3.34. The van der Waals surface area contributed by atoms with Crippen molar-refractivity contribution < 1.29 is 17.6 Å². The maximum atomic E-state index is 13.0. The second kappa shape index (κ2) is 8.92. The number of hydrogen-bond donors (Lipinski definition) is 1. The number of hydrogen-bond acceptors (Lipinski definition) is 4. The molecule has 3 rings (SSSR count). The standard InChI is InChI=1S/C21H26FN3O3S/c1-16-5-10-19(29(27,28)23-18-8-6-17(22)7-9-18)15-20(16)21(26)24(2)13-14-25-11-3-4-12-25/h5-10,15,23H,3-4,11-14H2,1-2H3. The lowest BCUT2D eigenvalue weighted by Gasteiger charge is -2.22. The van der Waals surface area contributed by atoms with Gasteiger partial charge in [0.25, 0.3) is 15.9 Å². The lowest BCUT2D eigenvalue weighted by molar-refractivity contribution is 0.0781. The maximum Gasteiger partial charge on any atom is 0.261 e. The quantitative estimate of drug-likeness (QED) is 0.749. The molecule has 6 nitrogen and oxygen atoms in total. The summed E-state index contributed by atoms with van der Waals surface area (Å²) in [5.41, 5.74) is 1.32. The number of rotatable bonds is 7. The minimum Gasteiger partial charge on any atom is -0.340 e. The van der Waals surface area contributed by atoms with Crippen LogP contribution in [0.15, 0.2) is 47.4 Å². The topological polar surface area (TPSA) is 69.7 Å². The van der Waals surface area contributed by atoms with Gasteiger partial charge in [0, 0.05) is 31.4 Å². The Morgan fingerprint density at radius 2 is 1.79 bits per heavy atom. The largest absolute Gasteiger partial charge is 0.340 e. The van der Waals surface area contributed by atoms with Crippen molar-refractivity contribution in [2.24, 2.45) is 0 Å². The molecule has 0 atom stereocenters. The summed E-state index contributed by atoms with van der Waals surface area (Å²) in [6, 6.07) is 9.53. The Morgan fingerprint density at radius 1 is 1.14 bits per heavy atom. The molecule has 1 heterocycles. The van der Waals surface area contributed by atoms with E-state index in [0.29, 0.717) is 17.7 Å². The van der Waals surface area contributed by atoms with Crippen LogP contribution < -0.4 is 4.72 Å². The SMILES string of the molecule is Cc1ccc(S(=O)(=O)Nc2ccc(F)cc2)cc1C(=O)N(C)CCN1CCCC1. The van der Waals surface area contributed by atoms with Crippen LogP contribution in [0.4, 0.5) is 10.1 Å². The summed E-state index contributed by atoms with van der Waals surface area (Å²) in [5, 5.41) is 0. The van der Waals surface area contributed by atoms with E-state index in [1.807, 2.05) is 0 Å². The molecule has 2 aromatic carbocycles. The minimum absolute atomic E-state index is 0.0104. The van der Waals surface area contributed by atoms with Crippen molar-refractivity contribution in [1.29, 1.82) is 0 Å². The molecule has 0 saturated carbocycles. The number of aryl methyl sites for hydroxylation is 1. The molecule has 1 amide bonds. The zero-order valence-electron chi connectivity index (χ0n) is 16.7. The van der Waals surface area contributed by atoms with Crippen LogP contribution in [0.2, 0.25) is 0 Å². The number of carbonyl (C=O) groups excluding carboxylic acids is 1. The molecule has 0 aromatic heterocycles. The molecule has 1 N–H and O–H groups in total. The summed E-state index contributed by atoms with van der Waals surface area (Å²) in [4.78, 5) is 16.8. The fourth-order valence-corrected chi connectivity index (χ4v) is 4.42. The van der Waals surface area contributed by atoms with E-state index in [9.17, 15) is 17.6 Å². The number of likely N-dealkylation sites (tertiary alicyclic amines) is 1. The summed E-state index contributed by atoms with van der Waals surface area (Å²) >= 11 is 0. The highest BCUT2D eigenvalue weighted by atomic mass is 32.2. The first-order valence-electron chi connectivity index (χ1n) is 9.63. The van der Waals surface area contributed by atoms with Crippen molar-refractivity contribution in [1.82, 2.24) is 9.80 Å². The fraction of sp³-hybridized carbons (Fsp3) is 0.381. The Kier molecular flexibility index (Phi) is 6.54. The average Bonchev–Trinajstić information content (AvgIpc) is 3.21. The van der Waals surface area contributed by atoms with E-state index in [2.05, 4.69) is 9.62 Å². The second-order valence-corrected chi connectivity index (χ2v) is 9.05. The summed E-state index contributed by atoms with van der Waals surface area (Å²) in [7, 11) is -2.17. The number of carbonyl (C=O) groups is 1. The molecule has 0 bridgehead atoms. The predicted octanol–water partition coefficient (Wildman–Crippen LogP) is 3.10. The molecule has 0 spiro atoms. The Hall–Kier alpha value is -2.45. The Bertz CT molecular complexity index is 971. The average molecular weight is 420 g/mol. The van der Waals surface area contributed by atoms with Gasteiger partial charge in [0.2, 0.25) is 0 Å². The molecular weight excluding hydrogens is 393 g/mol. The van der Waals surface area contributed by atoms with Gasteiger partial charge in [0.05, 0.1) is 4.90 Å². The second-order valence-electron chi connectivity index (χ2n) is 7.36. The maximum absolute atomic E-state index is 13.0. The molecule has 1 fully saturated rings. The van der Waals surface area contributed by atoms with E-state index in [0.717, 1.165) is 19.6 Å². The summed E-state index contributed by atoms with van der Waals surface area (Å²) in [6.07, 6.45) is 2.38. The van der Waals surface area contributed by atoms with Gasteiger partial charge in [-0.25, -0.2) is 12.8 Å². The normalized spacial score (nSPS) is 14.7. The number of anilines is 1. The van der Waals surface area contributed by atoms with Gasteiger partial charge in [-0.05, 0) is 74.8 Å². The Balaban J connectivity index is 1.75. The van der Waals surface area contributed by atoms with Crippen LogP contribution in [0.25, 0.3) is 0 Å². The van der Waals surface area contributed by atoms with Gasteiger partial charge in [0.1, 0.15) is 5.82 Å². The smallest absolute Gasteiger partial charge is 0.261 e. The van der Waals surface area contributed by atoms with E-state index in [1.165, 1.54) is 49.2 Å². The highest BCUT2D eigenvalue weighted by molar-refractivity contribution is 7.92. The van der Waals surface area contributed by atoms with Gasteiger partial charge in [-0.2, -0.15) is 0 Å². The van der Waals surface area contributed by atoms with Gasteiger partial charge >= 0.3 is 0 Å². The number of amides is 1. The summed E-state index contributed by atoms with van der Waals surface area (Å²) in [6.45, 7) is 5.30. The zero-order valence-corrected chi connectivity index (χ0v) is 17.5. The van der Waals surface area contributed by atoms with Crippen LogP contribution >= 0.6 is 0 Å². The lowest BCUT2D eigenvalue weighted by Crippen LogP contribution is -2.35. The predicted molar refractivity (Wildman–Crippen MR) is 111 cm³/mol. The van der Waals surface area contributed by atoms with Crippen LogP contribution in [0.5, 0.6) is 0 Å². The van der Waals surface area contributed by atoms with Gasteiger partial charge in [0.15, 0.2) is 0 Å². The molecule has 1 aliphatic rings. The molecular formula is C21H26FN3O3S. The summed E-state index contributed by atoms with van der Waals surface area (Å²) in [5.74, 6) is -0.659. The van der Waals surface area contributed by atoms with Crippen molar-refractivity contribution in [3.05, 3.63) is 59.4 Å². The van der Waals surface area contributed by atoms with Crippen LogP contribution in [-0.2, 0) is 10.0 Å². The van der Waals surface area contributed by atoms with E-state index in [4.69, 9.17) is 0 Å². The van der Waals surface area contributed by atoms with E-state index in [1.54, 1.807) is 24.9 Å². The van der Waals surface area contributed by atoms with Crippen molar-refractivity contribution in [2.75, 3.05) is 37.9 Å².